The molecule has 5 atom stereocenters. The van der Waals surface area contributed by atoms with Gasteiger partial charge in [0.05, 0.1) is 6.61 Å². The van der Waals surface area contributed by atoms with Gasteiger partial charge in [-0.3, -0.25) is 4.79 Å². The maximum atomic E-state index is 12.6. The highest BCUT2D eigenvalue weighted by molar-refractivity contribution is 5.67. The van der Waals surface area contributed by atoms with Crippen molar-refractivity contribution in [2.24, 2.45) is 41.2 Å². The van der Waals surface area contributed by atoms with E-state index in [4.69, 9.17) is 5.73 Å². The molecule has 0 unspecified atom stereocenters. The van der Waals surface area contributed by atoms with Crippen molar-refractivity contribution in [3.8, 4) is 0 Å². The lowest BCUT2D eigenvalue weighted by Crippen LogP contribution is -2.46. The highest BCUT2D eigenvalue weighted by Gasteiger charge is 2.48. The second-order valence-corrected chi connectivity index (χ2v) is 15.6. The molecule has 0 aliphatic heterocycles. The van der Waals surface area contributed by atoms with Gasteiger partial charge in [0, 0.05) is 11.8 Å². The van der Waals surface area contributed by atoms with Crippen molar-refractivity contribution in [3.63, 3.8) is 0 Å². The van der Waals surface area contributed by atoms with Crippen LogP contribution in [0.1, 0.15) is 126 Å². The minimum atomic E-state index is -0.679. The van der Waals surface area contributed by atoms with Gasteiger partial charge < -0.3 is 15.9 Å². The molecule has 3 aliphatic carbocycles. The molecule has 4 N–H and O–H groups in total. The minimum Gasteiger partial charge on any atom is -0.481 e. The molecule has 4 heteroatoms. The predicted molar refractivity (Wildman–Crippen MR) is 199 cm³/mol. The maximum Gasteiger partial charge on any atom is 0.303 e. The Hall–Kier alpha value is -2.69. The maximum absolute atomic E-state index is 12.6. The zero-order valence-corrected chi connectivity index (χ0v) is 29.5. The average Bonchev–Trinajstić information content (AvgIpc) is 3.12. The minimum absolute atomic E-state index is 0.00780. The smallest absolute Gasteiger partial charge is 0.303 e. The van der Waals surface area contributed by atoms with Crippen LogP contribution in [0.25, 0.3) is 0 Å². The third kappa shape index (κ3) is 9.94. The molecule has 0 aromatic heterocycles. The molecular formula is C44H63NO3. The van der Waals surface area contributed by atoms with E-state index in [0.29, 0.717) is 18.4 Å². The number of aliphatic hydroxyl groups is 1. The Morgan fingerprint density at radius 2 is 1.62 bits per heavy atom. The van der Waals surface area contributed by atoms with Crippen molar-refractivity contribution in [3.05, 3.63) is 95.6 Å². The van der Waals surface area contributed by atoms with E-state index in [-0.39, 0.29) is 36.2 Å². The Bertz CT molecular complexity index is 1290. The number of aryl methyl sites for hydroxylation is 1. The molecule has 2 aromatic rings. The molecule has 0 radical (unpaired) electrons. The molecule has 262 valence electrons. The summed E-state index contributed by atoms with van der Waals surface area (Å²) in [5.74, 6) is 1.61. The first-order chi connectivity index (χ1) is 23.5. The first kappa shape index (κ1) is 36.6. The number of allylic oxidation sites excluding steroid dienone is 4. The molecule has 2 fully saturated rings. The van der Waals surface area contributed by atoms with Crippen LogP contribution in [0.4, 0.5) is 0 Å². The first-order valence-electron chi connectivity index (χ1n) is 19.5. The lowest BCUT2D eigenvalue weighted by atomic mass is 9.53. The fourth-order valence-electron chi connectivity index (χ4n) is 10.0. The van der Waals surface area contributed by atoms with E-state index >= 15 is 0 Å². The van der Waals surface area contributed by atoms with Gasteiger partial charge in [-0.1, -0.05) is 130 Å². The summed E-state index contributed by atoms with van der Waals surface area (Å²) in [6.07, 6.45) is 30.6. The molecule has 0 amide bonds. The highest BCUT2D eigenvalue weighted by Crippen LogP contribution is 2.54. The molecule has 0 bridgehead atoms. The third-order valence-corrected chi connectivity index (χ3v) is 12.5. The van der Waals surface area contributed by atoms with E-state index in [1.165, 1.54) is 75.3 Å². The van der Waals surface area contributed by atoms with Crippen molar-refractivity contribution in [2.75, 3.05) is 6.54 Å². The number of carbonyl (C=O) groups is 1. The summed E-state index contributed by atoms with van der Waals surface area (Å²) in [5, 5.41) is 20.0. The molecule has 2 aromatic carbocycles. The second kappa shape index (κ2) is 18.9. The molecule has 0 saturated heterocycles. The van der Waals surface area contributed by atoms with Crippen LogP contribution in [-0.4, -0.2) is 22.7 Å². The Labute approximate surface area is 291 Å². The van der Waals surface area contributed by atoms with Crippen molar-refractivity contribution >= 4 is 5.97 Å². The predicted octanol–water partition coefficient (Wildman–Crippen LogP) is 10.2. The van der Waals surface area contributed by atoms with Crippen LogP contribution in [0, 0.1) is 35.5 Å². The Kier molecular flexibility index (Phi) is 14.4. The molecule has 2 saturated carbocycles. The Balaban J connectivity index is 1.38. The van der Waals surface area contributed by atoms with E-state index < -0.39 is 5.97 Å². The number of carboxylic acids is 1. The Morgan fingerprint density at radius 3 is 2.35 bits per heavy atom. The lowest BCUT2D eigenvalue weighted by Gasteiger charge is -2.51. The zero-order chi connectivity index (χ0) is 33.6. The largest absolute Gasteiger partial charge is 0.481 e. The molecule has 5 rings (SSSR count). The van der Waals surface area contributed by atoms with Crippen molar-refractivity contribution < 1.29 is 15.0 Å². The van der Waals surface area contributed by atoms with Crippen LogP contribution in [0.3, 0.4) is 0 Å². The number of nitrogens with two attached hydrogens (primary N) is 1. The van der Waals surface area contributed by atoms with Crippen LogP contribution in [0.5, 0.6) is 0 Å². The summed E-state index contributed by atoms with van der Waals surface area (Å²) in [6.45, 7) is 0.668. The zero-order valence-electron chi connectivity index (χ0n) is 29.5. The van der Waals surface area contributed by atoms with Gasteiger partial charge in [-0.05, 0) is 117 Å². The SMILES string of the molecule is NCC[C@@H]1[C@@H](CC(=O)O)[C@H](C2(c3ccccc3)CCCCC2)C=C[C@@H]1C[C@@H](CC=CCCC1CCCCC1)CCc1cccc(CO)c1. The van der Waals surface area contributed by atoms with Gasteiger partial charge >= 0.3 is 5.97 Å². The topological polar surface area (TPSA) is 83.6 Å². The van der Waals surface area contributed by atoms with E-state index in [1.807, 2.05) is 6.07 Å². The van der Waals surface area contributed by atoms with Crippen molar-refractivity contribution in [1.29, 1.82) is 0 Å². The van der Waals surface area contributed by atoms with Gasteiger partial charge in [0.2, 0.25) is 0 Å². The van der Waals surface area contributed by atoms with Crippen LogP contribution in [-0.2, 0) is 23.2 Å². The molecule has 0 spiro atoms. The van der Waals surface area contributed by atoms with E-state index in [0.717, 1.165) is 56.4 Å². The van der Waals surface area contributed by atoms with E-state index in [2.05, 4.69) is 72.8 Å². The lowest BCUT2D eigenvalue weighted by molar-refractivity contribution is -0.139. The number of aliphatic carboxylic acids is 1. The van der Waals surface area contributed by atoms with Crippen LogP contribution in [0.2, 0.25) is 0 Å². The highest BCUT2D eigenvalue weighted by atomic mass is 16.4. The van der Waals surface area contributed by atoms with Gasteiger partial charge in [-0.25, -0.2) is 0 Å². The van der Waals surface area contributed by atoms with E-state index in [9.17, 15) is 15.0 Å². The number of rotatable bonds is 17. The summed E-state index contributed by atoms with van der Waals surface area (Å²) in [6, 6.07) is 19.4. The van der Waals surface area contributed by atoms with Gasteiger partial charge in [0.1, 0.15) is 0 Å². The van der Waals surface area contributed by atoms with Gasteiger partial charge in [0.15, 0.2) is 0 Å². The monoisotopic (exact) mass is 653 g/mol. The van der Waals surface area contributed by atoms with Crippen LogP contribution in [0.15, 0.2) is 78.9 Å². The van der Waals surface area contributed by atoms with Crippen LogP contribution >= 0.6 is 0 Å². The Morgan fingerprint density at radius 1 is 0.875 bits per heavy atom. The normalized spacial score (nSPS) is 25.3. The molecule has 0 heterocycles. The number of hydrogen-bond donors (Lipinski definition) is 3. The quantitative estimate of drug-likeness (QED) is 0.148. The van der Waals surface area contributed by atoms with E-state index in [1.54, 1.807) is 0 Å². The van der Waals surface area contributed by atoms with Crippen LogP contribution < -0.4 is 5.73 Å². The fourth-order valence-corrected chi connectivity index (χ4v) is 10.0. The summed E-state index contributed by atoms with van der Waals surface area (Å²) in [7, 11) is 0. The molecule has 48 heavy (non-hydrogen) atoms. The summed E-state index contributed by atoms with van der Waals surface area (Å²) in [4.78, 5) is 12.6. The van der Waals surface area contributed by atoms with Gasteiger partial charge in [0.25, 0.3) is 0 Å². The second-order valence-electron chi connectivity index (χ2n) is 15.6. The molecule has 4 nitrogen and oxygen atoms in total. The number of hydrogen-bond acceptors (Lipinski definition) is 3. The number of carboxylic acid groups (broad SMARTS) is 1. The molecular weight excluding hydrogens is 590 g/mol. The standard InChI is InChI=1S/C44H63NO3/c45-29-26-40-38(24-25-42(41(40)32-43(47)48)44(27-11-4-12-28-44)39-20-9-3-10-21-39)31-36(23-22-35-18-13-19-37(30-35)33-46)17-8-2-7-16-34-14-5-1-6-15-34/h2-3,8-10,13,18-21,24-25,30,34,36,38,40-42,46H,1,4-7,11-12,14-17,22-23,26-29,31-33,45H2,(H,47,48)/t36-,38+,40-,41+,42+/m0/s1. The first-order valence-corrected chi connectivity index (χ1v) is 19.5. The fraction of sp³-hybridized carbons (Fsp3) is 0.614. The summed E-state index contributed by atoms with van der Waals surface area (Å²) in [5.41, 5.74) is 9.99. The average molecular weight is 654 g/mol. The summed E-state index contributed by atoms with van der Waals surface area (Å²) >= 11 is 0. The molecule has 3 aliphatic rings. The number of benzene rings is 2. The number of aliphatic hydroxyl groups excluding tert-OH is 1. The van der Waals surface area contributed by atoms with Crippen molar-refractivity contribution in [2.45, 2.75) is 128 Å². The summed E-state index contributed by atoms with van der Waals surface area (Å²) < 4.78 is 0. The van der Waals surface area contributed by atoms with Gasteiger partial charge in [-0.15, -0.1) is 0 Å². The third-order valence-electron chi connectivity index (χ3n) is 12.5. The van der Waals surface area contributed by atoms with Gasteiger partial charge in [-0.2, -0.15) is 0 Å². The van der Waals surface area contributed by atoms with Crippen molar-refractivity contribution in [1.82, 2.24) is 0 Å².